The fraction of sp³-hybridized carbons (Fsp3) is 1.00. The molecule has 5 heteroatoms. The van der Waals surface area contributed by atoms with E-state index in [0.29, 0.717) is 24.3 Å². The van der Waals surface area contributed by atoms with Crippen LogP contribution in [0.5, 0.6) is 0 Å². The van der Waals surface area contributed by atoms with E-state index in [0.717, 1.165) is 0 Å². The Kier molecular flexibility index (Phi) is 2.49. The Morgan fingerprint density at radius 2 is 1.88 bits per heavy atom. The van der Waals surface area contributed by atoms with Crippen LogP contribution in [0.3, 0.4) is 0 Å². The van der Waals surface area contributed by atoms with Gasteiger partial charge >= 0.3 is 0 Å². The van der Waals surface area contributed by atoms with Crippen LogP contribution in [0.4, 0.5) is 0 Å². The first kappa shape index (κ1) is 11.2. The first-order valence-corrected chi connectivity index (χ1v) is 8.12. The molecule has 0 aromatic heterocycles. The Balaban J connectivity index is 1.97. The molecule has 4 nitrogen and oxygen atoms in total. The van der Waals surface area contributed by atoms with Crippen LogP contribution in [0.2, 0.25) is 0 Å². The van der Waals surface area contributed by atoms with Gasteiger partial charge in [0.2, 0.25) is 0 Å². The highest BCUT2D eigenvalue weighted by molar-refractivity contribution is 7.58. The summed E-state index contributed by atoms with van der Waals surface area (Å²) in [7, 11) is -2.36. The molecule has 0 amide bonds. The van der Waals surface area contributed by atoms with E-state index in [1.54, 1.807) is 0 Å². The zero-order valence-electron chi connectivity index (χ0n) is 10.4. The number of hydrogen-bond donors (Lipinski definition) is 1. The summed E-state index contributed by atoms with van der Waals surface area (Å²) in [5, 5.41) is 3.28. The second-order valence-electron chi connectivity index (χ2n) is 5.62. The third-order valence-corrected chi connectivity index (χ3v) is 7.64. The third kappa shape index (κ3) is 1.25. The minimum absolute atomic E-state index is 0.306. The molecule has 0 spiro atoms. The molecule has 0 bridgehead atoms. The van der Waals surface area contributed by atoms with E-state index in [1.165, 1.54) is 25.7 Å². The molecule has 0 aromatic rings. The Labute approximate surface area is 97.9 Å². The molecular formula is C11H22N3OP. The molecule has 0 aromatic carbocycles. The van der Waals surface area contributed by atoms with Crippen molar-refractivity contribution < 1.29 is 4.57 Å². The first-order valence-electron chi connectivity index (χ1n) is 6.51. The summed E-state index contributed by atoms with van der Waals surface area (Å²) in [4.78, 5) is 0. The molecule has 4 atom stereocenters. The number of rotatable bonds is 1. The average molecular weight is 243 g/mol. The smallest absolute Gasteiger partial charge is 0.270 e. The van der Waals surface area contributed by atoms with E-state index in [-0.39, 0.29) is 0 Å². The molecule has 16 heavy (non-hydrogen) atoms. The standard InChI is InChI=1S/C11H22N3OP/c1-8(2)13-10-6-4-5-7-11(10)14-9(3)12-16(13,14)15/h8-11H,4-7H2,1-3H3,(H,12,15). The molecule has 4 unspecified atom stereocenters. The van der Waals surface area contributed by atoms with Crippen LogP contribution in [-0.2, 0) is 4.57 Å². The van der Waals surface area contributed by atoms with Crippen LogP contribution in [-0.4, -0.2) is 33.6 Å². The maximum absolute atomic E-state index is 12.9. The lowest BCUT2D eigenvalue weighted by molar-refractivity contribution is 0.159. The molecular weight excluding hydrogens is 221 g/mol. The van der Waals surface area contributed by atoms with Crippen LogP contribution < -0.4 is 5.09 Å². The van der Waals surface area contributed by atoms with Crippen LogP contribution in [0, 0.1) is 0 Å². The van der Waals surface area contributed by atoms with Crippen LogP contribution in [0.1, 0.15) is 46.5 Å². The van der Waals surface area contributed by atoms with Gasteiger partial charge in [0.15, 0.2) is 0 Å². The van der Waals surface area contributed by atoms with Gasteiger partial charge in [-0.3, -0.25) is 4.57 Å². The summed E-state index contributed by atoms with van der Waals surface area (Å²) in [5.74, 6) is 0. The van der Waals surface area contributed by atoms with Crippen molar-refractivity contribution in [2.24, 2.45) is 0 Å². The van der Waals surface area contributed by atoms with E-state index < -0.39 is 7.59 Å². The quantitative estimate of drug-likeness (QED) is 0.717. The van der Waals surface area contributed by atoms with Gasteiger partial charge in [-0.25, -0.2) is 14.4 Å². The SMILES string of the molecule is CC(C)N1C2CCCCC2N2C(C)NP12=O. The largest absolute Gasteiger partial charge is 0.287 e. The minimum atomic E-state index is -2.36. The summed E-state index contributed by atoms with van der Waals surface area (Å²) in [6.07, 6.45) is 5.35. The predicted octanol–water partition coefficient (Wildman–Crippen LogP) is 2.38. The Morgan fingerprint density at radius 3 is 2.44 bits per heavy atom. The zero-order valence-corrected chi connectivity index (χ0v) is 11.3. The molecule has 3 aliphatic rings. The van der Waals surface area contributed by atoms with Gasteiger partial charge in [-0.1, -0.05) is 12.8 Å². The Morgan fingerprint density at radius 1 is 1.25 bits per heavy atom. The van der Waals surface area contributed by atoms with Gasteiger partial charge < -0.3 is 0 Å². The molecule has 2 aliphatic heterocycles. The lowest BCUT2D eigenvalue weighted by Gasteiger charge is -2.47. The van der Waals surface area contributed by atoms with Crippen molar-refractivity contribution in [2.45, 2.75) is 70.7 Å². The highest BCUT2D eigenvalue weighted by Crippen LogP contribution is 2.68. The number of nitrogens with one attached hydrogen (secondary N) is 1. The summed E-state index contributed by atoms with van der Waals surface area (Å²) in [6.45, 7) is 6.46. The molecule has 1 aliphatic carbocycles. The lowest BCUT2D eigenvalue weighted by atomic mass is 9.89. The molecule has 3 rings (SSSR count). The fourth-order valence-corrected chi connectivity index (χ4v) is 7.26. The van der Waals surface area contributed by atoms with Gasteiger partial charge in [-0.2, -0.15) is 0 Å². The average Bonchev–Trinajstić information content (AvgIpc) is 2.40. The molecule has 0 radical (unpaired) electrons. The number of fused-ring (bicyclic) bond motifs is 3. The van der Waals surface area contributed by atoms with Gasteiger partial charge in [0.1, 0.15) is 0 Å². The lowest BCUT2D eigenvalue weighted by Crippen LogP contribution is -2.56. The highest BCUT2D eigenvalue weighted by atomic mass is 31.2. The summed E-state index contributed by atoms with van der Waals surface area (Å²) in [6, 6.07) is 1.44. The van der Waals surface area contributed by atoms with Gasteiger partial charge in [0.25, 0.3) is 7.59 Å². The van der Waals surface area contributed by atoms with Crippen molar-refractivity contribution in [2.75, 3.05) is 0 Å². The van der Waals surface area contributed by atoms with E-state index >= 15 is 0 Å². The zero-order chi connectivity index (χ0) is 11.5. The second-order valence-corrected chi connectivity index (χ2v) is 7.89. The Hall–Kier alpha value is 0.110. The van der Waals surface area contributed by atoms with E-state index in [2.05, 4.69) is 35.2 Å². The predicted molar refractivity (Wildman–Crippen MR) is 65.1 cm³/mol. The third-order valence-electron chi connectivity index (χ3n) is 4.28. The van der Waals surface area contributed by atoms with Gasteiger partial charge in [0.05, 0.1) is 6.17 Å². The number of nitrogens with zero attached hydrogens (tertiary/aromatic N) is 2. The summed E-state index contributed by atoms with van der Waals surface area (Å²) >= 11 is 0. The van der Waals surface area contributed by atoms with Crippen LogP contribution >= 0.6 is 7.59 Å². The van der Waals surface area contributed by atoms with Crippen molar-refractivity contribution in [3.8, 4) is 0 Å². The topological polar surface area (TPSA) is 35.6 Å². The molecule has 1 N–H and O–H groups in total. The molecule has 3 fully saturated rings. The minimum Gasteiger partial charge on any atom is -0.270 e. The van der Waals surface area contributed by atoms with Crippen LogP contribution in [0.15, 0.2) is 0 Å². The van der Waals surface area contributed by atoms with Gasteiger partial charge in [0, 0.05) is 18.1 Å². The van der Waals surface area contributed by atoms with E-state index in [4.69, 9.17) is 0 Å². The normalized spacial score (nSPS) is 48.9. The molecule has 2 saturated heterocycles. The van der Waals surface area contributed by atoms with Gasteiger partial charge in [-0.15, -0.1) is 0 Å². The number of hydrogen-bond acceptors (Lipinski definition) is 1. The summed E-state index contributed by atoms with van der Waals surface area (Å²) in [5.41, 5.74) is 0. The van der Waals surface area contributed by atoms with E-state index in [9.17, 15) is 4.57 Å². The fourth-order valence-electron chi connectivity index (χ4n) is 3.83. The second kappa shape index (κ2) is 3.55. The Bertz CT molecular complexity index is 346. The van der Waals surface area contributed by atoms with Crippen molar-refractivity contribution in [1.29, 1.82) is 0 Å². The van der Waals surface area contributed by atoms with Gasteiger partial charge in [-0.05, 0) is 33.6 Å². The van der Waals surface area contributed by atoms with Crippen molar-refractivity contribution in [1.82, 2.24) is 14.4 Å². The molecule has 1 saturated carbocycles. The molecule has 2 heterocycles. The molecule has 92 valence electrons. The maximum Gasteiger partial charge on any atom is 0.287 e. The van der Waals surface area contributed by atoms with Crippen molar-refractivity contribution in [3.63, 3.8) is 0 Å². The van der Waals surface area contributed by atoms with Crippen molar-refractivity contribution >= 4 is 7.59 Å². The van der Waals surface area contributed by atoms with Crippen LogP contribution in [0.25, 0.3) is 0 Å². The maximum atomic E-state index is 12.9. The van der Waals surface area contributed by atoms with E-state index in [1.807, 2.05) is 0 Å². The summed E-state index contributed by atoms with van der Waals surface area (Å²) < 4.78 is 17.5. The van der Waals surface area contributed by atoms with Crippen molar-refractivity contribution in [3.05, 3.63) is 0 Å². The monoisotopic (exact) mass is 243 g/mol. The first-order chi connectivity index (χ1) is 7.55. The highest BCUT2D eigenvalue weighted by Gasteiger charge is 2.63.